The molecule has 7 nitrogen and oxygen atoms in total. The first-order valence-corrected chi connectivity index (χ1v) is 13.7. The number of nitrogens with one attached hydrogen (secondary N) is 2. The van der Waals surface area contributed by atoms with Crippen molar-refractivity contribution in [1.82, 2.24) is 10.6 Å². The van der Waals surface area contributed by atoms with Crippen LogP contribution < -0.4 is 16.4 Å². The standard InChI is InChI=1S/C26H36FN3O4S/c1-26(2,3)20-6-4-5-18(12-20)14-30-23-16-35(33,34)15-19(24(23)31)11-17-7-8-22(28)21(13-17)25(32)29-10-9-27/h4-8,12-13,19,23-24,30-31H,9-11,14-16,28H2,1-3H3,(H,29,32)/t19-,23+,24+/m1/s1. The number of aliphatic hydroxyl groups excluding tert-OH is 1. The summed E-state index contributed by atoms with van der Waals surface area (Å²) < 4.78 is 37.8. The first-order valence-electron chi connectivity index (χ1n) is 11.8. The number of sulfone groups is 1. The van der Waals surface area contributed by atoms with E-state index in [9.17, 15) is 22.7 Å². The molecule has 1 fully saturated rings. The summed E-state index contributed by atoms with van der Waals surface area (Å²) in [5.74, 6) is -1.31. The van der Waals surface area contributed by atoms with Gasteiger partial charge in [0.25, 0.3) is 5.91 Å². The Hall–Kier alpha value is -2.49. The zero-order valence-corrected chi connectivity index (χ0v) is 21.4. The fourth-order valence-corrected chi connectivity index (χ4v) is 6.40. The highest BCUT2D eigenvalue weighted by molar-refractivity contribution is 7.91. The molecule has 0 spiro atoms. The molecule has 1 saturated heterocycles. The maximum atomic E-state index is 12.7. The molecule has 1 amide bonds. The number of hydrogen-bond acceptors (Lipinski definition) is 6. The van der Waals surface area contributed by atoms with Gasteiger partial charge in [0.1, 0.15) is 6.67 Å². The van der Waals surface area contributed by atoms with Gasteiger partial charge in [0.15, 0.2) is 9.84 Å². The molecule has 3 rings (SSSR count). The maximum absolute atomic E-state index is 12.7. The molecule has 0 aromatic heterocycles. The summed E-state index contributed by atoms with van der Waals surface area (Å²) >= 11 is 0. The van der Waals surface area contributed by atoms with Crippen LogP contribution >= 0.6 is 0 Å². The van der Waals surface area contributed by atoms with Crippen LogP contribution in [0.5, 0.6) is 0 Å². The van der Waals surface area contributed by atoms with E-state index in [-0.39, 0.29) is 41.1 Å². The Balaban J connectivity index is 1.73. The Morgan fingerprint density at radius 3 is 2.57 bits per heavy atom. The molecule has 192 valence electrons. The van der Waals surface area contributed by atoms with Crippen molar-refractivity contribution in [3.8, 4) is 0 Å². The van der Waals surface area contributed by atoms with Crippen LogP contribution in [0, 0.1) is 5.92 Å². The predicted molar refractivity (Wildman–Crippen MR) is 137 cm³/mol. The number of rotatable bonds is 8. The number of aliphatic hydroxyl groups is 1. The maximum Gasteiger partial charge on any atom is 0.253 e. The highest BCUT2D eigenvalue weighted by Crippen LogP contribution is 2.26. The molecule has 1 aliphatic rings. The smallest absolute Gasteiger partial charge is 0.253 e. The van der Waals surface area contributed by atoms with Gasteiger partial charge in [-0.2, -0.15) is 0 Å². The SMILES string of the molecule is CC(C)(C)c1cccc(CN[C@H]2CS(=O)(=O)C[C@@H](Cc3ccc(N)c(C(=O)NCCF)c3)[C@@H]2O)c1. The Morgan fingerprint density at radius 2 is 1.89 bits per heavy atom. The van der Waals surface area contributed by atoms with Crippen molar-refractivity contribution in [2.75, 3.05) is 30.5 Å². The van der Waals surface area contributed by atoms with Crippen molar-refractivity contribution in [3.05, 3.63) is 64.7 Å². The molecule has 0 radical (unpaired) electrons. The lowest BCUT2D eigenvalue weighted by Crippen LogP contribution is -2.54. The van der Waals surface area contributed by atoms with Gasteiger partial charge in [0, 0.05) is 30.7 Å². The van der Waals surface area contributed by atoms with Crippen LogP contribution in [0.1, 0.15) is 47.8 Å². The third-order valence-corrected chi connectivity index (χ3v) is 8.20. The third-order valence-electron chi connectivity index (χ3n) is 6.40. The Bertz CT molecular complexity index is 1150. The number of nitrogens with two attached hydrogens (primary N) is 1. The minimum absolute atomic E-state index is 0.00446. The van der Waals surface area contributed by atoms with Crippen molar-refractivity contribution in [2.45, 2.75) is 51.3 Å². The van der Waals surface area contributed by atoms with Gasteiger partial charge < -0.3 is 21.5 Å². The molecule has 2 aromatic rings. The number of alkyl halides is 1. The largest absolute Gasteiger partial charge is 0.398 e. The third kappa shape index (κ3) is 7.25. The molecule has 35 heavy (non-hydrogen) atoms. The summed E-state index contributed by atoms with van der Waals surface area (Å²) in [5, 5.41) is 16.8. The van der Waals surface area contributed by atoms with Gasteiger partial charge in [-0.25, -0.2) is 12.8 Å². The second-order valence-electron chi connectivity index (χ2n) is 10.3. The summed E-state index contributed by atoms with van der Waals surface area (Å²) in [5.41, 5.74) is 9.25. The molecular formula is C26H36FN3O4S. The van der Waals surface area contributed by atoms with Crippen LogP contribution in [0.15, 0.2) is 42.5 Å². The normalized spacial score (nSPS) is 22.0. The fraction of sp³-hybridized carbons (Fsp3) is 0.500. The Labute approximate surface area is 207 Å². The minimum Gasteiger partial charge on any atom is -0.398 e. The van der Waals surface area contributed by atoms with E-state index in [1.54, 1.807) is 18.2 Å². The summed E-state index contributed by atoms with van der Waals surface area (Å²) in [6, 6.07) is 12.4. The zero-order valence-electron chi connectivity index (χ0n) is 20.6. The molecule has 0 aliphatic carbocycles. The number of amides is 1. The molecule has 3 atom stereocenters. The van der Waals surface area contributed by atoms with Gasteiger partial charge in [-0.3, -0.25) is 4.79 Å². The van der Waals surface area contributed by atoms with Crippen molar-refractivity contribution in [3.63, 3.8) is 0 Å². The Kier molecular flexibility index (Phi) is 8.56. The van der Waals surface area contributed by atoms with Gasteiger partial charge >= 0.3 is 0 Å². The van der Waals surface area contributed by atoms with Crippen LogP contribution in [0.4, 0.5) is 10.1 Å². The van der Waals surface area contributed by atoms with Crippen LogP contribution in [0.2, 0.25) is 0 Å². The molecule has 9 heteroatoms. The van der Waals surface area contributed by atoms with Crippen molar-refractivity contribution >= 4 is 21.4 Å². The molecular weight excluding hydrogens is 469 g/mol. The lowest BCUT2D eigenvalue weighted by molar-refractivity contribution is 0.0781. The average molecular weight is 506 g/mol. The topological polar surface area (TPSA) is 122 Å². The first kappa shape index (κ1) is 27.1. The molecule has 2 aromatic carbocycles. The lowest BCUT2D eigenvalue weighted by atomic mass is 9.86. The lowest BCUT2D eigenvalue weighted by Gasteiger charge is -2.35. The van der Waals surface area contributed by atoms with Gasteiger partial charge in [-0.1, -0.05) is 51.1 Å². The fourth-order valence-electron chi connectivity index (χ4n) is 4.44. The average Bonchev–Trinajstić information content (AvgIpc) is 2.79. The highest BCUT2D eigenvalue weighted by atomic mass is 32.2. The van der Waals surface area contributed by atoms with E-state index in [2.05, 4.69) is 43.5 Å². The number of carbonyl (C=O) groups is 1. The van der Waals surface area contributed by atoms with E-state index in [0.717, 1.165) is 5.56 Å². The predicted octanol–water partition coefficient (Wildman–Crippen LogP) is 2.37. The number of benzene rings is 2. The molecule has 0 saturated carbocycles. The van der Waals surface area contributed by atoms with E-state index < -0.39 is 40.5 Å². The molecule has 0 bridgehead atoms. The van der Waals surface area contributed by atoms with E-state index >= 15 is 0 Å². The highest BCUT2D eigenvalue weighted by Gasteiger charge is 2.39. The number of carbonyl (C=O) groups excluding carboxylic acids is 1. The summed E-state index contributed by atoms with van der Waals surface area (Å²) in [6.45, 7) is 6.04. The minimum atomic E-state index is -3.38. The first-order chi connectivity index (χ1) is 16.4. The van der Waals surface area contributed by atoms with Gasteiger partial charge in [-0.15, -0.1) is 0 Å². The Morgan fingerprint density at radius 1 is 1.14 bits per heavy atom. The quantitative estimate of drug-likeness (QED) is 0.409. The number of nitrogen functional groups attached to an aromatic ring is 1. The van der Waals surface area contributed by atoms with Crippen LogP contribution in [0.3, 0.4) is 0 Å². The molecule has 1 heterocycles. The molecule has 5 N–H and O–H groups in total. The van der Waals surface area contributed by atoms with E-state index in [0.29, 0.717) is 12.1 Å². The van der Waals surface area contributed by atoms with Crippen LogP contribution in [0.25, 0.3) is 0 Å². The van der Waals surface area contributed by atoms with Crippen molar-refractivity contribution in [1.29, 1.82) is 0 Å². The second-order valence-corrected chi connectivity index (χ2v) is 12.5. The van der Waals surface area contributed by atoms with E-state index in [1.807, 2.05) is 12.1 Å². The van der Waals surface area contributed by atoms with E-state index in [1.165, 1.54) is 5.56 Å². The van der Waals surface area contributed by atoms with Crippen molar-refractivity contribution in [2.24, 2.45) is 5.92 Å². The summed E-state index contributed by atoms with van der Waals surface area (Å²) in [7, 11) is -3.38. The van der Waals surface area contributed by atoms with E-state index in [4.69, 9.17) is 5.73 Å². The van der Waals surface area contributed by atoms with Crippen molar-refractivity contribution < 1.29 is 22.7 Å². The zero-order chi connectivity index (χ0) is 25.8. The van der Waals surface area contributed by atoms with Crippen LogP contribution in [-0.2, 0) is 28.2 Å². The summed E-state index contributed by atoms with van der Waals surface area (Å²) in [4.78, 5) is 12.3. The molecule has 0 unspecified atom stereocenters. The number of hydrogen-bond donors (Lipinski definition) is 4. The monoisotopic (exact) mass is 505 g/mol. The second kappa shape index (κ2) is 11.1. The number of anilines is 1. The summed E-state index contributed by atoms with van der Waals surface area (Å²) in [6.07, 6.45) is -0.618. The van der Waals surface area contributed by atoms with Gasteiger partial charge in [0.05, 0.1) is 23.2 Å². The number of halogens is 1. The molecule has 1 aliphatic heterocycles. The van der Waals surface area contributed by atoms with Gasteiger partial charge in [0.2, 0.25) is 0 Å². The van der Waals surface area contributed by atoms with Crippen LogP contribution in [-0.4, -0.2) is 56.3 Å². The van der Waals surface area contributed by atoms with Gasteiger partial charge in [-0.05, 0) is 40.7 Å².